The number of rotatable bonds is 4. The Labute approximate surface area is 107 Å². The number of nitriles is 1. The summed E-state index contributed by atoms with van der Waals surface area (Å²) in [4.78, 5) is 22.9. The van der Waals surface area contributed by atoms with Gasteiger partial charge in [-0.1, -0.05) is 6.07 Å². The molecular formula is C12H10F2N2O3. The second kappa shape index (κ2) is 6.44. The van der Waals surface area contributed by atoms with Crippen molar-refractivity contribution in [2.45, 2.75) is 13.0 Å². The quantitative estimate of drug-likeness (QED) is 0.831. The van der Waals surface area contributed by atoms with Gasteiger partial charge >= 0.3 is 5.97 Å². The summed E-state index contributed by atoms with van der Waals surface area (Å²) in [5.74, 6) is -4.36. The second-order valence-electron chi connectivity index (χ2n) is 3.38. The number of esters is 1. The van der Waals surface area contributed by atoms with Gasteiger partial charge in [-0.05, 0) is 19.1 Å². The molecule has 1 rings (SSSR count). The van der Waals surface area contributed by atoms with Crippen molar-refractivity contribution in [1.82, 2.24) is 5.32 Å². The molecule has 1 atom stereocenters. The first-order valence-corrected chi connectivity index (χ1v) is 5.32. The Kier molecular flexibility index (Phi) is 4.94. The van der Waals surface area contributed by atoms with E-state index in [0.717, 1.165) is 18.2 Å². The molecule has 7 heteroatoms. The average Bonchev–Trinajstić information content (AvgIpc) is 2.35. The first kappa shape index (κ1) is 14.6. The molecule has 5 nitrogen and oxygen atoms in total. The lowest BCUT2D eigenvalue weighted by Crippen LogP contribution is -2.41. The Morgan fingerprint density at radius 3 is 2.47 bits per heavy atom. The van der Waals surface area contributed by atoms with Gasteiger partial charge in [-0.25, -0.2) is 13.6 Å². The van der Waals surface area contributed by atoms with E-state index < -0.39 is 35.1 Å². The van der Waals surface area contributed by atoms with Crippen LogP contribution in [0, 0.1) is 23.0 Å². The van der Waals surface area contributed by atoms with Gasteiger partial charge in [-0.3, -0.25) is 4.79 Å². The lowest BCUT2D eigenvalue weighted by molar-refractivity contribution is -0.143. The number of hydrogen-bond acceptors (Lipinski definition) is 4. The molecule has 1 N–H and O–H groups in total. The summed E-state index contributed by atoms with van der Waals surface area (Å²) in [6, 6.07) is 2.73. The van der Waals surface area contributed by atoms with Crippen molar-refractivity contribution in [1.29, 1.82) is 5.26 Å². The van der Waals surface area contributed by atoms with E-state index in [-0.39, 0.29) is 6.61 Å². The molecule has 100 valence electrons. The highest BCUT2D eigenvalue weighted by Crippen LogP contribution is 2.12. The van der Waals surface area contributed by atoms with E-state index in [1.54, 1.807) is 0 Å². The summed E-state index contributed by atoms with van der Waals surface area (Å²) in [6.45, 7) is 1.53. The van der Waals surface area contributed by atoms with Crippen molar-refractivity contribution in [3.8, 4) is 6.07 Å². The molecule has 0 radical (unpaired) electrons. The first-order chi connectivity index (χ1) is 9.01. The molecular weight excluding hydrogens is 258 g/mol. The third-order valence-electron chi connectivity index (χ3n) is 2.12. The monoisotopic (exact) mass is 268 g/mol. The van der Waals surface area contributed by atoms with Crippen LogP contribution in [-0.4, -0.2) is 24.5 Å². The third kappa shape index (κ3) is 3.48. The van der Waals surface area contributed by atoms with Gasteiger partial charge in [0.25, 0.3) is 5.91 Å². The molecule has 0 unspecified atom stereocenters. The highest BCUT2D eigenvalue weighted by Gasteiger charge is 2.25. The van der Waals surface area contributed by atoms with Crippen LogP contribution in [-0.2, 0) is 9.53 Å². The summed E-state index contributed by atoms with van der Waals surface area (Å²) in [6.07, 6.45) is 0. The highest BCUT2D eigenvalue weighted by molar-refractivity contribution is 5.97. The summed E-state index contributed by atoms with van der Waals surface area (Å²) < 4.78 is 31.1. The normalized spacial score (nSPS) is 11.3. The number of carbonyl (C=O) groups excluding carboxylic acids is 2. The smallest absolute Gasteiger partial charge is 0.343 e. The molecule has 1 amide bonds. The Bertz CT molecular complexity index is 520. The van der Waals surface area contributed by atoms with Crippen LogP contribution < -0.4 is 5.32 Å². The number of benzene rings is 1. The Balaban J connectivity index is 2.90. The molecule has 0 spiro atoms. The minimum absolute atomic E-state index is 0.0148. The number of carbonyl (C=O) groups is 2. The van der Waals surface area contributed by atoms with Crippen molar-refractivity contribution in [3.05, 3.63) is 35.4 Å². The maximum Gasteiger partial charge on any atom is 0.343 e. The van der Waals surface area contributed by atoms with E-state index in [1.807, 2.05) is 5.32 Å². The van der Waals surface area contributed by atoms with Crippen LogP contribution in [0.5, 0.6) is 0 Å². The van der Waals surface area contributed by atoms with E-state index in [4.69, 9.17) is 5.26 Å². The molecule has 0 saturated heterocycles. The van der Waals surface area contributed by atoms with Crippen LogP contribution in [0.25, 0.3) is 0 Å². The largest absolute Gasteiger partial charge is 0.464 e. The molecule has 0 bridgehead atoms. The molecule has 0 aromatic heterocycles. The van der Waals surface area contributed by atoms with Crippen LogP contribution in [0.3, 0.4) is 0 Å². The molecule has 19 heavy (non-hydrogen) atoms. The first-order valence-electron chi connectivity index (χ1n) is 5.32. The number of halogens is 2. The predicted octanol–water partition coefficient (Wildman–Crippen LogP) is 1.15. The van der Waals surface area contributed by atoms with Gasteiger partial charge in [0.05, 0.1) is 12.7 Å². The fraction of sp³-hybridized carbons (Fsp3) is 0.250. The Hall–Kier alpha value is -2.49. The zero-order valence-corrected chi connectivity index (χ0v) is 9.94. The van der Waals surface area contributed by atoms with Crippen LogP contribution in [0.15, 0.2) is 18.2 Å². The summed E-state index contributed by atoms with van der Waals surface area (Å²) >= 11 is 0. The molecule has 0 heterocycles. The topological polar surface area (TPSA) is 79.2 Å². The summed E-state index contributed by atoms with van der Waals surface area (Å²) in [7, 11) is 0. The van der Waals surface area contributed by atoms with Crippen LogP contribution >= 0.6 is 0 Å². The van der Waals surface area contributed by atoms with E-state index in [9.17, 15) is 18.4 Å². The van der Waals surface area contributed by atoms with Crippen molar-refractivity contribution in [2.24, 2.45) is 0 Å². The highest BCUT2D eigenvalue weighted by atomic mass is 19.1. The number of nitrogens with one attached hydrogen (secondary N) is 1. The van der Waals surface area contributed by atoms with Crippen molar-refractivity contribution < 1.29 is 23.1 Å². The summed E-state index contributed by atoms with van der Waals surface area (Å²) in [5, 5.41) is 10.6. The molecule has 0 fully saturated rings. The van der Waals surface area contributed by atoms with Crippen LogP contribution in [0.1, 0.15) is 17.3 Å². The van der Waals surface area contributed by atoms with E-state index in [2.05, 4.69) is 4.74 Å². The third-order valence-corrected chi connectivity index (χ3v) is 2.12. The van der Waals surface area contributed by atoms with Gasteiger partial charge in [0.2, 0.25) is 6.04 Å². The van der Waals surface area contributed by atoms with Crippen LogP contribution in [0.2, 0.25) is 0 Å². The van der Waals surface area contributed by atoms with Crippen molar-refractivity contribution in [2.75, 3.05) is 6.61 Å². The molecule has 0 aliphatic heterocycles. The zero-order chi connectivity index (χ0) is 14.4. The van der Waals surface area contributed by atoms with Gasteiger partial charge in [0.15, 0.2) is 0 Å². The molecule has 1 aromatic rings. The average molecular weight is 268 g/mol. The minimum Gasteiger partial charge on any atom is -0.464 e. The van der Waals surface area contributed by atoms with Crippen LogP contribution in [0.4, 0.5) is 8.78 Å². The maximum atomic E-state index is 13.3. The summed E-state index contributed by atoms with van der Waals surface area (Å²) in [5.41, 5.74) is -0.855. The van der Waals surface area contributed by atoms with Gasteiger partial charge in [-0.15, -0.1) is 0 Å². The molecule has 0 saturated carbocycles. The number of nitrogens with zero attached hydrogens (tertiary/aromatic N) is 1. The zero-order valence-electron chi connectivity index (χ0n) is 9.94. The van der Waals surface area contributed by atoms with Crippen molar-refractivity contribution >= 4 is 11.9 Å². The second-order valence-corrected chi connectivity index (χ2v) is 3.38. The van der Waals surface area contributed by atoms with Gasteiger partial charge in [0, 0.05) is 0 Å². The fourth-order valence-electron chi connectivity index (χ4n) is 1.29. The van der Waals surface area contributed by atoms with Gasteiger partial charge in [0.1, 0.15) is 17.2 Å². The SMILES string of the molecule is CCOC(=O)[C@@H](C#N)NC(=O)c1c(F)cccc1F. The molecule has 1 aromatic carbocycles. The van der Waals surface area contributed by atoms with Crippen molar-refractivity contribution in [3.63, 3.8) is 0 Å². The van der Waals surface area contributed by atoms with E-state index in [1.165, 1.54) is 13.0 Å². The van der Waals surface area contributed by atoms with E-state index in [0.29, 0.717) is 0 Å². The van der Waals surface area contributed by atoms with E-state index >= 15 is 0 Å². The molecule has 0 aliphatic carbocycles. The minimum atomic E-state index is -1.62. The standard InChI is InChI=1S/C12H10F2N2O3/c1-2-19-12(18)9(6-15)16-11(17)10-7(13)4-3-5-8(10)14/h3-5,9H,2H2,1H3,(H,16,17)/t9-/m1/s1. The van der Waals surface area contributed by atoms with Gasteiger partial charge in [-0.2, -0.15) is 5.26 Å². The Morgan fingerprint density at radius 1 is 1.42 bits per heavy atom. The number of amides is 1. The number of ether oxygens (including phenoxy) is 1. The lowest BCUT2D eigenvalue weighted by Gasteiger charge is -2.11. The number of hydrogen-bond donors (Lipinski definition) is 1. The maximum absolute atomic E-state index is 13.3. The van der Waals surface area contributed by atoms with Gasteiger partial charge < -0.3 is 10.1 Å². The fourth-order valence-corrected chi connectivity index (χ4v) is 1.29. The predicted molar refractivity (Wildman–Crippen MR) is 59.9 cm³/mol. The lowest BCUT2D eigenvalue weighted by atomic mass is 10.1. The Morgan fingerprint density at radius 2 is 2.00 bits per heavy atom. The molecule has 0 aliphatic rings.